The first-order chi connectivity index (χ1) is 18.4. The van der Waals surface area contributed by atoms with Crippen LogP contribution in [0.1, 0.15) is 11.1 Å². The van der Waals surface area contributed by atoms with Crippen LogP contribution in [0.15, 0.2) is 88.2 Å². The maximum absolute atomic E-state index is 13.3. The first-order valence-electron chi connectivity index (χ1n) is 11.9. The smallest absolute Gasteiger partial charge is 0.270 e. The topological polar surface area (TPSA) is 42.0 Å². The van der Waals surface area contributed by atoms with Crippen molar-refractivity contribution in [1.29, 1.82) is 0 Å². The highest BCUT2D eigenvalue weighted by Gasteiger charge is 2.33. The minimum atomic E-state index is -0.149. The lowest BCUT2D eigenvalue weighted by atomic mass is 10.1. The number of rotatable bonds is 7. The Morgan fingerprint density at radius 3 is 2.50 bits per heavy atom. The molecule has 8 heteroatoms. The lowest BCUT2D eigenvalue weighted by Gasteiger charge is -2.17. The third-order valence-corrected chi connectivity index (χ3v) is 8.11. The molecular weight excluding hydrogens is 580 g/mol. The summed E-state index contributed by atoms with van der Waals surface area (Å²) in [5.41, 5.74) is 3.69. The molecule has 5 rings (SSSR count). The van der Waals surface area contributed by atoms with Crippen LogP contribution in [0, 0.1) is 0 Å². The van der Waals surface area contributed by atoms with E-state index in [2.05, 4.69) is 40.2 Å². The van der Waals surface area contributed by atoms with E-state index in [0.717, 1.165) is 32.4 Å². The van der Waals surface area contributed by atoms with Gasteiger partial charge in [0.25, 0.3) is 5.91 Å². The summed E-state index contributed by atoms with van der Waals surface area (Å²) in [6, 6.07) is 26.0. The lowest BCUT2D eigenvalue weighted by molar-refractivity contribution is -0.113. The number of carbonyl (C=O) groups is 1. The molecule has 0 aromatic heterocycles. The Balaban J connectivity index is 1.38. The number of benzene rings is 4. The van der Waals surface area contributed by atoms with Gasteiger partial charge in [0, 0.05) is 19.8 Å². The molecule has 4 aromatic rings. The van der Waals surface area contributed by atoms with Crippen molar-refractivity contribution in [3.63, 3.8) is 0 Å². The second-order valence-electron chi connectivity index (χ2n) is 8.89. The number of nitrogens with zero attached hydrogens (tertiary/aromatic N) is 2. The zero-order valence-electron chi connectivity index (χ0n) is 21.1. The van der Waals surface area contributed by atoms with Crippen LogP contribution in [-0.2, 0) is 11.4 Å². The third-order valence-electron chi connectivity index (χ3n) is 6.22. The van der Waals surface area contributed by atoms with Gasteiger partial charge in [0.05, 0.1) is 22.2 Å². The Hall–Kier alpha value is -3.33. The zero-order chi connectivity index (χ0) is 26.8. The fraction of sp³-hybridized carbons (Fsp3) is 0.133. The molecule has 1 aliphatic heterocycles. The first-order valence-corrected chi connectivity index (χ1v) is 13.9. The Morgan fingerprint density at radius 1 is 1.03 bits per heavy atom. The molecule has 0 aliphatic carbocycles. The van der Waals surface area contributed by atoms with Crippen molar-refractivity contribution in [2.75, 3.05) is 31.0 Å². The van der Waals surface area contributed by atoms with Gasteiger partial charge in [-0.1, -0.05) is 66.4 Å². The Morgan fingerprint density at radius 2 is 1.76 bits per heavy atom. The van der Waals surface area contributed by atoms with Crippen LogP contribution in [0.2, 0.25) is 0 Å². The number of hydrogen-bond acceptors (Lipinski definition) is 6. The number of anilines is 2. The van der Waals surface area contributed by atoms with Crippen molar-refractivity contribution in [3.05, 3.63) is 99.4 Å². The van der Waals surface area contributed by atoms with Gasteiger partial charge in [0.2, 0.25) is 0 Å². The molecule has 4 aromatic carbocycles. The van der Waals surface area contributed by atoms with E-state index in [1.165, 1.54) is 17.1 Å². The summed E-state index contributed by atoms with van der Waals surface area (Å²) in [6.07, 6.45) is 1.83. The van der Waals surface area contributed by atoms with Gasteiger partial charge in [0.1, 0.15) is 6.61 Å². The molecule has 0 bridgehead atoms. The van der Waals surface area contributed by atoms with Gasteiger partial charge in [0.15, 0.2) is 15.8 Å². The fourth-order valence-corrected chi connectivity index (χ4v) is 6.15. The molecule has 0 unspecified atom stereocenters. The largest absolute Gasteiger partial charge is 0.493 e. The van der Waals surface area contributed by atoms with Gasteiger partial charge in [-0.25, -0.2) is 0 Å². The van der Waals surface area contributed by atoms with E-state index in [9.17, 15) is 4.79 Å². The highest BCUT2D eigenvalue weighted by atomic mass is 79.9. The van der Waals surface area contributed by atoms with Gasteiger partial charge in [-0.2, -0.15) is 0 Å². The molecule has 0 atom stereocenters. The standard InChI is InChI=1S/C30H25BrN2O3S2/c1-32(2)22-11-13-23(14-12-22)33-29(34)27(38-30(33)37)17-19-15-25(31)28(26(16-19)35-3)36-18-21-9-6-8-20-7-4-5-10-24(20)21/h4-17H,18H2,1-3H3/b27-17+. The van der Waals surface area contributed by atoms with Crippen molar-refractivity contribution < 1.29 is 14.3 Å². The molecule has 1 amide bonds. The van der Waals surface area contributed by atoms with Crippen LogP contribution >= 0.6 is 39.9 Å². The van der Waals surface area contributed by atoms with Gasteiger partial charge < -0.3 is 14.4 Å². The SMILES string of the molecule is COc1cc(/C=C2/SC(=S)N(c3ccc(N(C)C)cc3)C2=O)cc(Br)c1OCc1cccc2ccccc12. The predicted octanol–water partition coefficient (Wildman–Crippen LogP) is 7.66. The van der Waals surface area contributed by atoms with Crippen LogP contribution in [0.3, 0.4) is 0 Å². The number of ether oxygens (including phenoxy) is 2. The number of fused-ring (bicyclic) bond motifs is 1. The first kappa shape index (κ1) is 26.3. The average molecular weight is 606 g/mol. The van der Waals surface area contributed by atoms with Crippen LogP contribution in [0.4, 0.5) is 11.4 Å². The Kier molecular flexibility index (Phi) is 7.74. The molecule has 1 aliphatic rings. The van der Waals surface area contributed by atoms with Crippen molar-refractivity contribution in [2.24, 2.45) is 0 Å². The molecule has 5 nitrogen and oxygen atoms in total. The Labute approximate surface area is 240 Å². The number of thiocarbonyl (C=S) groups is 1. The number of amides is 1. The summed E-state index contributed by atoms with van der Waals surface area (Å²) in [5.74, 6) is 1.02. The molecule has 38 heavy (non-hydrogen) atoms. The van der Waals surface area contributed by atoms with Crippen molar-refractivity contribution in [1.82, 2.24) is 0 Å². The van der Waals surface area contributed by atoms with Crippen molar-refractivity contribution in [3.8, 4) is 11.5 Å². The van der Waals surface area contributed by atoms with Crippen molar-refractivity contribution in [2.45, 2.75) is 6.61 Å². The Bertz CT molecular complexity index is 1560. The molecule has 1 fully saturated rings. The summed E-state index contributed by atoms with van der Waals surface area (Å²) in [6.45, 7) is 0.390. The summed E-state index contributed by atoms with van der Waals surface area (Å²) in [4.78, 5) is 17.4. The van der Waals surface area contributed by atoms with Crippen LogP contribution < -0.4 is 19.3 Å². The average Bonchev–Trinajstić information content (AvgIpc) is 3.19. The van der Waals surface area contributed by atoms with Crippen LogP contribution in [-0.4, -0.2) is 31.4 Å². The highest BCUT2D eigenvalue weighted by molar-refractivity contribution is 9.10. The van der Waals surface area contributed by atoms with E-state index in [1.807, 2.05) is 79.7 Å². The van der Waals surface area contributed by atoms with Gasteiger partial charge in [-0.05, 0) is 80.3 Å². The zero-order valence-corrected chi connectivity index (χ0v) is 24.3. The maximum Gasteiger partial charge on any atom is 0.270 e. The van der Waals surface area contributed by atoms with Crippen LogP contribution in [0.5, 0.6) is 11.5 Å². The van der Waals surface area contributed by atoms with Crippen molar-refractivity contribution >= 4 is 78.4 Å². The third kappa shape index (κ3) is 5.29. The number of methoxy groups -OCH3 is 1. The van der Waals surface area contributed by atoms with E-state index in [1.54, 1.807) is 12.0 Å². The van der Waals surface area contributed by atoms with Gasteiger partial charge in [-0.3, -0.25) is 9.69 Å². The molecule has 0 N–H and O–H groups in total. The molecule has 1 heterocycles. The molecule has 0 saturated carbocycles. The summed E-state index contributed by atoms with van der Waals surface area (Å²) in [7, 11) is 5.56. The molecular formula is C30H25BrN2O3S2. The number of thioether (sulfide) groups is 1. The summed E-state index contributed by atoms with van der Waals surface area (Å²) < 4.78 is 13.1. The monoisotopic (exact) mass is 604 g/mol. The van der Waals surface area contributed by atoms with E-state index in [4.69, 9.17) is 21.7 Å². The minimum absolute atomic E-state index is 0.149. The molecule has 192 valence electrons. The number of halogens is 1. The lowest BCUT2D eigenvalue weighted by Crippen LogP contribution is -2.27. The predicted molar refractivity (Wildman–Crippen MR) is 165 cm³/mol. The quantitative estimate of drug-likeness (QED) is 0.159. The maximum atomic E-state index is 13.3. The van der Waals surface area contributed by atoms with E-state index in [0.29, 0.717) is 27.3 Å². The normalized spacial score (nSPS) is 14.4. The van der Waals surface area contributed by atoms with Crippen LogP contribution in [0.25, 0.3) is 16.8 Å². The molecule has 0 radical (unpaired) electrons. The number of hydrogen-bond donors (Lipinski definition) is 0. The summed E-state index contributed by atoms with van der Waals surface area (Å²) >= 11 is 10.5. The van der Waals surface area contributed by atoms with Gasteiger partial charge >= 0.3 is 0 Å². The summed E-state index contributed by atoms with van der Waals surface area (Å²) in [5, 5.41) is 2.32. The highest BCUT2D eigenvalue weighted by Crippen LogP contribution is 2.41. The van der Waals surface area contributed by atoms with E-state index in [-0.39, 0.29) is 5.91 Å². The van der Waals surface area contributed by atoms with E-state index < -0.39 is 0 Å². The van der Waals surface area contributed by atoms with Gasteiger partial charge in [-0.15, -0.1) is 0 Å². The number of carbonyl (C=O) groups excluding carboxylic acids is 1. The molecule has 1 saturated heterocycles. The second kappa shape index (κ2) is 11.2. The van der Waals surface area contributed by atoms with E-state index >= 15 is 0 Å². The fourth-order valence-electron chi connectivity index (χ4n) is 4.27. The minimum Gasteiger partial charge on any atom is -0.493 e. The second-order valence-corrected chi connectivity index (χ2v) is 11.4. The molecule has 0 spiro atoms.